The zero-order valence-electron chi connectivity index (χ0n) is 8.37. The van der Waals surface area contributed by atoms with E-state index in [1.807, 2.05) is 0 Å². The van der Waals surface area contributed by atoms with E-state index < -0.39 is 17.4 Å². The molecule has 5 heteroatoms. The Bertz CT molecular complexity index is 454. The van der Waals surface area contributed by atoms with Crippen LogP contribution in [-0.4, -0.2) is 22.5 Å². The second-order valence-corrected chi connectivity index (χ2v) is 4.29. The van der Waals surface area contributed by atoms with Gasteiger partial charge in [0.2, 0.25) is 0 Å². The zero-order chi connectivity index (χ0) is 11.8. The Kier molecular flexibility index (Phi) is 2.59. The maximum Gasteiger partial charge on any atom is 0.329 e. The SMILES string of the molecule is O=C(NC1(C(=O)O)CC1)c1cccc(Cl)c1. The van der Waals surface area contributed by atoms with Crippen LogP contribution in [0.4, 0.5) is 0 Å². The van der Waals surface area contributed by atoms with Crippen LogP contribution in [0.15, 0.2) is 24.3 Å². The minimum atomic E-state index is -1.06. The summed E-state index contributed by atoms with van der Waals surface area (Å²) in [6.07, 6.45) is 0.962. The van der Waals surface area contributed by atoms with Crippen molar-refractivity contribution in [3.05, 3.63) is 34.9 Å². The number of nitrogens with one attached hydrogen (secondary N) is 1. The molecule has 1 aliphatic carbocycles. The van der Waals surface area contributed by atoms with E-state index in [-0.39, 0.29) is 0 Å². The van der Waals surface area contributed by atoms with Crippen molar-refractivity contribution in [1.29, 1.82) is 0 Å². The van der Waals surface area contributed by atoms with Crippen LogP contribution in [0, 0.1) is 0 Å². The van der Waals surface area contributed by atoms with Gasteiger partial charge in [-0.15, -0.1) is 0 Å². The first-order valence-electron chi connectivity index (χ1n) is 4.85. The highest BCUT2D eigenvalue weighted by molar-refractivity contribution is 6.31. The Hall–Kier alpha value is -1.55. The first-order chi connectivity index (χ1) is 7.53. The molecule has 0 spiro atoms. The Morgan fingerprint density at radius 1 is 1.38 bits per heavy atom. The first kappa shape index (κ1) is 11.0. The van der Waals surface area contributed by atoms with E-state index in [2.05, 4.69) is 5.32 Å². The average Bonchev–Trinajstić information content (AvgIpc) is 2.99. The number of carbonyl (C=O) groups is 2. The molecule has 1 aromatic rings. The summed E-state index contributed by atoms with van der Waals surface area (Å²) < 4.78 is 0. The predicted octanol–water partition coefficient (Wildman–Crippen LogP) is 1.69. The molecule has 0 saturated heterocycles. The fraction of sp³-hybridized carbons (Fsp3) is 0.273. The molecule has 2 rings (SSSR count). The number of hydrogen-bond donors (Lipinski definition) is 2. The van der Waals surface area contributed by atoms with Crippen LogP contribution in [0.5, 0.6) is 0 Å². The lowest BCUT2D eigenvalue weighted by Crippen LogP contribution is -2.43. The molecule has 1 aromatic carbocycles. The monoisotopic (exact) mass is 239 g/mol. The van der Waals surface area contributed by atoms with Gasteiger partial charge in [0.05, 0.1) is 0 Å². The van der Waals surface area contributed by atoms with E-state index >= 15 is 0 Å². The Balaban J connectivity index is 2.12. The Morgan fingerprint density at radius 2 is 2.06 bits per heavy atom. The van der Waals surface area contributed by atoms with Crippen molar-refractivity contribution in [1.82, 2.24) is 5.32 Å². The number of carboxylic acids is 1. The topological polar surface area (TPSA) is 66.4 Å². The molecule has 0 heterocycles. The van der Waals surface area contributed by atoms with Crippen molar-refractivity contribution in [3.63, 3.8) is 0 Å². The number of amides is 1. The highest BCUT2D eigenvalue weighted by Crippen LogP contribution is 2.35. The quantitative estimate of drug-likeness (QED) is 0.844. The molecular weight excluding hydrogens is 230 g/mol. The minimum absolute atomic E-state index is 0.375. The van der Waals surface area contributed by atoms with Crippen molar-refractivity contribution >= 4 is 23.5 Å². The van der Waals surface area contributed by atoms with Crippen LogP contribution >= 0.6 is 11.6 Å². The van der Waals surface area contributed by atoms with Crippen LogP contribution < -0.4 is 5.32 Å². The number of carboxylic acid groups (broad SMARTS) is 1. The maximum absolute atomic E-state index is 11.7. The molecule has 0 atom stereocenters. The largest absolute Gasteiger partial charge is 0.480 e. The third-order valence-electron chi connectivity index (χ3n) is 2.60. The van der Waals surface area contributed by atoms with Gasteiger partial charge < -0.3 is 10.4 Å². The normalized spacial score (nSPS) is 16.6. The van der Waals surface area contributed by atoms with Gasteiger partial charge in [-0.2, -0.15) is 0 Å². The molecule has 0 unspecified atom stereocenters. The summed E-state index contributed by atoms with van der Waals surface area (Å²) in [5, 5.41) is 11.9. The molecule has 16 heavy (non-hydrogen) atoms. The predicted molar refractivity (Wildman–Crippen MR) is 58.5 cm³/mol. The van der Waals surface area contributed by atoms with Gasteiger partial charge in [-0.3, -0.25) is 4.79 Å². The number of carbonyl (C=O) groups excluding carboxylic acids is 1. The lowest BCUT2D eigenvalue weighted by Gasteiger charge is -2.12. The fourth-order valence-corrected chi connectivity index (χ4v) is 1.63. The van der Waals surface area contributed by atoms with Gasteiger partial charge in [0.15, 0.2) is 0 Å². The third-order valence-corrected chi connectivity index (χ3v) is 2.83. The third kappa shape index (κ3) is 2.02. The molecule has 2 N–H and O–H groups in total. The van der Waals surface area contributed by atoms with E-state index in [4.69, 9.17) is 16.7 Å². The molecule has 1 fully saturated rings. The first-order valence-corrected chi connectivity index (χ1v) is 5.23. The molecule has 1 saturated carbocycles. The number of halogens is 1. The number of benzene rings is 1. The van der Waals surface area contributed by atoms with E-state index in [0.717, 1.165) is 0 Å². The van der Waals surface area contributed by atoms with Gasteiger partial charge in [-0.25, -0.2) is 4.79 Å². The summed E-state index contributed by atoms with van der Waals surface area (Å²) in [4.78, 5) is 22.6. The van der Waals surface area contributed by atoms with Gasteiger partial charge in [0.25, 0.3) is 5.91 Å². The van der Waals surface area contributed by atoms with Crippen molar-refractivity contribution in [2.75, 3.05) is 0 Å². The van der Waals surface area contributed by atoms with Crippen LogP contribution in [-0.2, 0) is 4.79 Å². The molecule has 4 nitrogen and oxygen atoms in total. The highest BCUT2D eigenvalue weighted by Gasteiger charge is 2.51. The fourth-order valence-electron chi connectivity index (χ4n) is 1.44. The van der Waals surface area contributed by atoms with Crippen molar-refractivity contribution in [3.8, 4) is 0 Å². The Morgan fingerprint density at radius 3 is 2.56 bits per heavy atom. The van der Waals surface area contributed by atoms with Crippen LogP contribution in [0.1, 0.15) is 23.2 Å². The highest BCUT2D eigenvalue weighted by atomic mass is 35.5. The Labute approximate surface area is 97.2 Å². The molecular formula is C11H10ClNO3. The summed E-state index contributed by atoms with van der Waals surface area (Å²) in [6.45, 7) is 0. The lowest BCUT2D eigenvalue weighted by molar-refractivity contribution is -0.140. The smallest absolute Gasteiger partial charge is 0.329 e. The molecule has 0 radical (unpaired) electrons. The minimum Gasteiger partial charge on any atom is -0.480 e. The lowest BCUT2D eigenvalue weighted by atomic mass is 10.2. The van der Waals surface area contributed by atoms with Gasteiger partial charge in [0.1, 0.15) is 5.54 Å². The molecule has 1 aliphatic rings. The summed E-state index contributed by atoms with van der Waals surface area (Å²) >= 11 is 5.74. The summed E-state index contributed by atoms with van der Waals surface area (Å²) in [7, 11) is 0. The van der Waals surface area contributed by atoms with E-state index in [1.54, 1.807) is 18.2 Å². The van der Waals surface area contributed by atoms with Crippen molar-refractivity contribution < 1.29 is 14.7 Å². The van der Waals surface area contributed by atoms with Crippen LogP contribution in [0.2, 0.25) is 5.02 Å². The zero-order valence-corrected chi connectivity index (χ0v) is 9.12. The number of hydrogen-bond acceptors (Lipinski definition) is 2. The van der Waals surface area contributed by atoms with Crippen LogP contribution in [0.3, 0.4) is 0 Å². The van der Waals surface area contributed by atoms with Gasteiger partial charge in [-0.1, -0.05) is 17.7 Å². The molecule has 0 bridgehead atoms. The second kappa shape index (κ2) is 3.79. The molecule has 1 amide bonds. The molecule has 0 aromatic heterocycles. The van der Waals surface area contributed by atoms with Gasteiger partial charge in [-0.05, 0) is 31.0 Å². The number of aliphatic carboxylic acids is 1. The van der Waals surface area contributed by atoms with Gasteiger partial charge in [0, 0.05) is 10.6 Å². The summed E-state index contributed by atoms with van der Waals surface area (Å²) in [6, 6.07) is 6.41. The number of rotatable bonds is 3. The van der Waals surface area contributed by atoms with E-state index in [9.17, 15) is 9.59 Å². The molecule has 0 aliphatic heterocycles. The summed E-state index contributed by atoms with van der Waals surface area (Å²) in [5.41, 5.74) is -0.681. The van der Waals surface area contributed by atoms with E-state index in [0.29, 0.717) is 23.4 Å². The summed E-state index contributed by atoms with van der Waals surface area (Å²) in [5.74, 6) is -1.38. The van der Waals surface area contributed by atoms with Crippen LogP contribution in [0.25, 0.3) is 0 Å². The second-order valence-electron chi connectivity index (χ2n) is 3.85. The van der Waals surface area contributed by atoms with Crippen molar-refractivity contribution in [2.45, 2.75) is 18.4 Å². The van der Waals surface area contributed by atoms with Crippen molar-refractivity contribution in [2.24, 2.45) is 0 Å². The average molecular weight is 240 g/mol. The van der Waals surface area contributed by atoms with Gasteiger partial charge >= 0.3 is 5.97 Å². The maximum atomic E-state index is 11.7. The molecule has 84 valence electrons. The van der Waals surface area contributed by atoms with E-state index in [1.165, 1.54) is 6.07 Å². The standard InChI is InChI=1S/C11H10ClNO3/c12-8-3-1-2-7(6-8)9(14)13-11(4-5-11)10(15)16/h1-3,6H,4-5H2,(H,13,14)(H,15,16).